The maximum atomic E-state index is 12.9. The summed E-state index contributed by atoms with van der Waals surface area (Å²) in [6.45, 7) is 9.74. The van der Waals surface area contributed by atoms with Crippen molar-refractivity contribution in [2.24, 2.45) is 0 Å². The third-order valence-corrected chi connectivity index (χ3v) is 6.19. The number of hydrogen-bond donors (Lipinski definition) is 2. The number of imide groups is 1. The predicted molar refractivity (Wildman–Crippen MR) is 133 cm³/mol. The molecule has 0 bridgehead atoms. The molecule has 0 radical (unpaired) electrons. The summed E-state index contributed by atoms with van der Waals surface area (Å²) in [6.07, 6.45) is 1.67. The molecule has 174 valence electrons. The van der Waals surface area contributed by atoms with E-state index in [2.05, 4.69) is 41.2 Å². The molecule has 2 heterocycles. The number of benzene rings is 2. The number of anilines is 1. The van der Waals surface area contributed by atoms with E-state index in [1.54, 1.807) is 18.2 Å². The Kier molecular flexibility index (Phi) is 6.11. The van der Waals surface area contributed by atoms with Gasteiger partial charge in [-0.25, -0.2) is 9.69 Å². The van der Waals surface area contributed by atoms with Crippen LogP contribution in [0.5, 0.6) is 0 Å². The predicted octanol–water partition coefficient (Wildman–Crippen LogP) is 4.55. The van der Waals surface area contributed by atoms with Gasteiger partial charge in [-0.05, 0) is 81.7 Å². The summed E-state index contributed by atoms with van der Waals surface area (Å²) < 4.78 is 2.14. The monoisotopic (exact) mass is 456 g/mol. The first-order valence-electron chi connectivity index (χ1n) is 11.1. The highest BCUT2D eigenvalue weighted by atomic mass is 16.2. The Morgan fingerprint density at radius 2 is 1.71 bits per heavy atom. The molecule has 0 unspecified atom stereocenters. The van der Waals surface area contributed by atoms with Crippen molar-refractivity contribution in [1.29, 1.82) is 0 Å². The van der Waals surface area contributed by atoms with Crippen LogP contribution in [0.4, 0.5) is 10.5 Å². The van der Waals surface area contributed by atoms with Gasteiger partial charge in [0.25, 0.3) is 5.91 Å². The molecular weight excluding hydrogens is 428 g/mol. The van der Waals surface area contributed by atoms with Gasteiger partial charge in [0, 0.05) is 22.8 Å². The van der Waals surface area contributed by atoms with Gasteiger partial charge < -0.3 is 15.2 Å². The van der Waals surface area contributed by atoms with Crippen LogP contribution in [0.15, 0.2) is 54.2 Å². The van der Waals surface area contributed by atoms with Gasteiger partial charge in [-0.15, -0.1) is 0 Å². The molecule has 2 N–H and O–H groups in total. The number of nitrogens with zero attached hydrogens (tertiary/aromatic N) is 2. The van der Waals surface area contributed by atoms with Gasteiger partial charge in [-0.2, -0.15) is 0 Å². The van der Waals surface area contributed by atoms with Gasteiger partial charge in [0.1, 0.15) is 12.2 Å². The molecule has 7 heteroatoms. The summed E-state index contributed by atoms with van der Waals surface area (Å²) in [5, 5.41) is 5.32. The fourth-order valence-corrected chi connectivity index (χ4v) is 4.13. The van der Waals surface area contributed by atoms with Crippen LogP contribution >= 0.6 is 0 Å². The van der Waals surface area contributed by atoms with E-state index < -0.39 is 17.8 Å². The van der Waals surface area contributed by atoms with Crippen LogP contribution in [0.1, 0.15) is 33.6 Å². The van der Waals surface area contributed by atoms with Crippen molar-refractivity contribution in [2.45, 2.75) is 34.6 Å². The van der Waals surface area contributed by atoms with E-state index >= 15 is 0 Å². The largest absolute Gasteiger partial charge is 0.329 e. The highest BCUT2D eigenvalue weighted by Crippen LogP contribution is 2.27. The molecule has 0 spiro atoms. The van der Waals surface area contributed by atoms with E-state index in [0.29, 0.717) is 5.69 Å². The number of amides is 4. The van der Waals surface area contributed by atoms with Gasteiger partial charge >= 0.3 is 6.03 Å². The van der Waals surface area contributed by atoms with Crippen molar-refractivity contribution >= 4 is 29.6 Å². The van der Waals surface area contributed by atoms with Crippen LogP contribution in [0.25, 0.3) is 11.8 Å². The number of aromatic nitrogens is 1. The molecule has 0 saturated carbocycles. The van der Waals surface area contributed by atoms with Crippen LogP contribution < -0.4 is 10.6 Å². The standard InChI is InChI=1S/C27H28N4O3/c1-16-9-11-22(12-10-16)28-25(32)15-30-26(33)23(29-27(30)34)14-21-13-18(3)31(20(21)5)24-8-6-7-17(2)19(24)4/h6-14H,15H2,1-5H3,(H,28,32)(H,29,34)/b23-14+. The molecule has 0 atom stereocenters. The lowest BCUT2D eigenvalue weighted by Crippen LogP contribution is -2.38. The Hall–Kier alpha value is -4.13. The first-order chi connectivity index (χ1) is 16.2. The fraction of sp³-hybridized carbons (Fsp3) is 0.222. The summed E-state index contributed by atoms with van der Waals surface area (Å²) in [5.74, 6) is -0.970. The minimum absolute atomic E-state index is 0.148. The van der Waals surface area contributed by atoms with Crippen molar-refractivity contribution in [3.05, 3.63) is 87.9 Å². The molecule has 4 rings (SSSR count). The number of hydrogen-bond acceptors (Lipinski definition) is 3. The lowest BCUT2D eigenvalue weighted by molar-refractivity contribution is -0.127. The topological polar surface area (TPSA) is 83.4 Å². The van der Waals surface area contributed by atoms with Crippen molar-refractivity contribution in [2.75, 3.05) is 11.9 Å². The smallest absolute Gasteiger partial charge is 0.325 e. The molecule has 0 aliphatic carbocycles. The van der Waals surface area contributed by atoms with Crippen LogP contribution in [-0.2, 0) is 9.59 Å². The van der Waals surface area contributed by atoms with Crippen LogP contribution in [-0.4, -0.2) is 33.9 Å². The van der Waals surface area contributed by atoms with E-state index in [0.717, 1.165) is 33.1 Å². The van der Waals surface area contributed by atoms with E-state index in [1.165, 1.54) is 11.1 Å². The average molecular weight is 457 g/mol. The molecule has 1 aliphatic rings. The summed E-state index contributed by atoms with van der Waals surface area (Å²) in [4.78, 5) is 38.7. The van der Waals surface area contributed by atoms with Crippen LogP contribution in [0.3, 0.4) is 0 Å². The zero-order chi connectivity index (χ0) is 24.6. The number of nitrogens with one attached hydrogen (secondary N) is 2. The molecule has 4 amide bonds. The summed E-state index contributed by atoms with van der Waals surface area (Å²) in [6, 6.07) is 14.8. The fourth-order valence-electron chi connectivity index (χ4n) is 4.13. The third kappa shape index (κ3) is 4.37. The van der Waals surface area contributed by atoms with E-state index in [-0.39, 0.29) is 12.2 Å². The maximum Gasteiger partial charge on any atom is 0.329 e. The number of carbonyl (C=O) groups is 3. The summed E-state index contributed by atoms with van der Waals surface area (Å²) >= 11 is 0. The molecule has 1 saturated heterocycles. The number of aryl methyl sites for hydroxylation is 3. The zero-order valence-corrected chi connectivity index (χ0v) is 20.0. The second-order valence-electron chi connectivity index (χ2n) is 8.67. The number of carbonyl (C=O) groups excluding carboxylic acids is 3. The molecule has 1 aromatic heterocycles. The Bertz CT molecular complexity index is 1330. The highest BCUT2D eigenvalue weighted by molar-refractivity contribution is 6.16. The van der Waals surface area contributed by atoms with Crippen molar-refractivity contribution in [3.63, 3.8) is 0 Å². The number of urea groups is 1. The summed E-state index contributed by atoms with van der Waals surface area (Å²) in [7, 11) is 0. The van der Waals surface area contributed by atoms with E-state index in [1.807, 2.05) is 45.0 Å². The molecule has 1 fully saturated rings. The summed E-state index contributed by atoms with van der Waals surface area (Å²) in [5.41, 5.74) is 8.08. The molecule has 1 aliphatic heterocycles. The normalized spacial score (nSPS) is 14.6. The second kappa shape index (κ2) is 9.02. The molecule has 2 aromatic carbocycles. The lowest BCUT2D eigenvalue weighted by Gasteiger charge is -2.14. The van der Waals surface area contributed by atoms with E-state index in [4.69, 9.17) is 0 Å². The van der Waals surface area contributed by atoms with Crippen molar-refractivity contribution < 1.29 is 14.4 Å². The highest BCUT2D eigenvalue weighted by Gasteiger charge is 2.35. The molecule has 3 aromatic rings. The van der Waals surface area contributed by atoms with Crippen LogP contribution in [0.2, 0.25) is 0 Å². The van der Waals surface area contributed by atoms with Crippen molar-refractivity contribution in [3.8, 4) is 5.69 Å². The molecule has 7 nitrogen and oxygen atoms in total. The molecular formula is C27H28N4O3. The van der Waals surface area contributed by atoms with Gasteiger partial charge in [0.15, 0.2) is 0 Å². The maximum absolute atomic E-state index is 12.9. The third-order valence-electron chi connectivity index (χ3n) is 6.19. The van der Waals surface area contributed by atoms with Gasteiger partial charge in [-0.1, -0.05) is 29.8 Å². The zero-order valence-electron chi connectivity index (χ0n) is 20.0. The van der Waals surface area contributed by atoms with Gasteiger partial charge in [-0.3, -0.25) is 9.59 Å². The molecule has 34 heavy (non-hydrogen) atoms. The Labute approximate surface area is 199 Å². The lowest BCUT2D eigenvalue weighted by atomic mass is 10.1. The van der Waals surface area contributed by atoms with Gasteiger partial charge in [0.05, 0.1) is 0 Å². The minimum atomic E-state index is -0.612. The Morgan fingerprint density at radius 1 is 1.00 bits per heavy atom. The SMILES string of the molecule is Cc1ccc(NC(=O)CN2C(=O)N/C(=C/c3cc(C)n(-c4cccc(C)c4C)c3C)C2=O)cc1. The average Bonchev–Trinajstić information content (AvgIpc) is 3.21. The number of rotatable bonds is 5. The Balaban J connectivity index is 1.55. The second-order valence-corrected chi connectivity index (χ2v) is 8.67. The quantitative estimate of drug-likeness (QED) is 0.436. The Morgan fingerprint density at radius 3 is 2.41 bits per heavy atom. The van der Waals surface area contributed by atoms with E-state index in [9.17, 15) is 14.4 Å². The van der Waals surface area contributed by atoms with Gasteiger partial charge in [0.2, 0.25) is 5.91 Å². The minimum Gasteiger partial charge on any atom is -0.325 e. The van der Waals surface area contributed by atoms with Crippen LogP contribution in [0, 0.1) is 34.6 Å². The first-order valence-corrected chi connectivity index (χ1v) is 11.1. The first kappa shape index (κ1) is 23.0. The van der Waals surface area contributed by atoms with Crippen molar-refractivity contribution in [1.82, 2.24) is 14.8 Å².